The van der Waals surface area contributed by atoms with Crippen molar-refractivity contribution in [3.63, 3.8) is 0 Å². The van der Waals surface area contributed by atoms with Crippen molar-refractivity contribution in [1.29, 1.82) is 0 Å². The van der Waals surface area contributed by atoms with E-state index in [0.717, 1.165) is 4.57 Å². The Morgan fingerprint density at radius 1 is 1.17 bits per heavy atom. The van der Waals surface area contributed by atoms with E-state index < -0.39 is 23.1 Å². The fourth-order valence-corrected chi connectivity index (χ4v) is 4.08. The molecule has 0 bridgehead atoms. The molecular formula is C21H23N3O6. The van der Waals surface area contributed by atoms with Gasteiger partial charge in [-0.1, -0.05) is 13.0 Å². The van der Waals surface area contributed by atoms with E-state index in [4.69, 9.17) is 14.2 Å². The van der Waals surface area contributed by atoms with Crippen LogP contribution in [0, 0.1) is 0 Å². The first-order chi connectivity index (χ1) is 14.4. The molecule has 0 saturated carbocycles. The van der Waals surface area contributed by atoms with Crippen LogP contribution in [-0.4, -0.2) is 35.9 Å². The Balaban J connectivity index is 2.05. The van der Waals surface area contributed by atoms with Gasteiger partial charge < -0.3 is 19.5 Å². The lowest BCUT2D eigenvalue weighted by Crippen LogP contribution is -2.44. The highest BCUT2D eigenvalue weighted by Gasteiger charge is 2.42. The Hall–Kier alpha value is -3.49. The molecule has 0 saturated heterocycles. The standard InChI is InChI=1S/C21H23N3O6/c1-5-8-24-18-17(19(25)23(2)21(24)27)15(16-12(22-18)10-30-20(16)26)11-6-7-13(28-3)14(9-11)29-4/h6-7,9,15,22H,5,8,10H2,1-4H3/t15-/m1/s1. The average molecular weight is 413 g/mol. The predicted octanol–water partition coefficient (Wildman–Crippen LogP) is 1.34. The molecule has 0 spiro atoms. The quantitative estimate of drug-likeness (QED) is 0.739. The van der Waals surface area contributed by atoms with Gasteiger partial charge in [-0.25, -0.2) is 9.59 Å². The summed E-state index contributed by atoms with van der Waals surface area (Å²) in [5.74, 6) is 0.221. The number of benzene rings is 1. The molecule has 0 aliphatic carbocycles. The van der Waals surface area contributed by atoms with Crippen molar-refractivity contribution in [2.45, 2.75) is 25.8 Å². The zero-order valence-electron chi connectivity index (χ0n) is 17.3. The second-order valence-corrected chi connectivity index (χ2v) is 7.20. The molecule has 9 heteroatoms. The molecule has 1 aromatic carbocycles. The number of methoxy groups -OCH3 is 2. The van der Waals surface area contributed by atoms with Crippen LogP contribution in [0.3, 0.4) is 0 Å². The number of rotatable bonds is 5. The van der Waals surface area contributed by atoms with Gasteiger partial charge in [-0.2, -0.15) is 0 Å². The van der Waals surface area contributed by atoms with E-state index in [1.165, 1.54) is 25.8 Å². The summed E-state index contributed by atoms with van der Waals surface area (Å²) in [6.07, 6.45) is 0.703. The molecule has 3 heterocycles. The van der Waals surface area contributed by atoms with Gasteiger partial charge in [0.25, 0.3) is 5.56 Å². The predicted molar refractivity (Wildman–Crippen MR) is 109 cm³/mol. The molecule has 158 valence electrons. The van der Waals surface area contributed by atoms with Crippen LogP contribution >= 0.6 is 0 Å². The normalized spacial score (nSPS) is 17.2. The molecule has 0 unspecified atom stereocenters. The van der Waals surface area contributed by atoms with Crippen LogP contribution < -0.4 is 26.0 Å². The van der Waals surface area contributed by atoms with Gasteiger partial charge in [-0.15, -0.1) is 0 Å². The topological polar surface area (TPSA) is 101 Å². The van der Waals surface area contributed by atoms with Crippen molar-refractivity contribution in [3.05, 3.63) is 61.4 Å². The molecule has 1 atom stereocenters. The molecule has 1 aromatic heterocycles. The Labute approximate surface area is 172 Å². The summed E-state index contributed by atoms with van der Waals surface area (Å²) in [5.41, 5.74) is 1.06. The van der Waals surface area contributed by atoms with Crippen molar-refractivity contribution in [1.82, 2.24) is 9.13 Å². The highest BCUT2D eigenvalue weighted by molar-refractivity contribution is 5.96. The van der Waals surface area contributed by atoms with Crippen molar-refractivity contribution in [2.24, 2.45) is 7.05 Å². The van der Waals surface area contributed by atoms with Crippen molar-refractivity contribution >= 4 is 11.8 Å². The zero-order valence-corrected chi connectivity index (χ0v) is 17.3. The summed E-state index contributed by atoms with van der Waals surface area (Å²) in [6.45, 7) is 2.44. The number of anilines is 1. The Kier molecular flexibility index (Phi) is 4.89. The summed E-state index contributed by atoms with van der Waals surface area (Å²) >= 11 is 0. The van der Waals surface area contributed by atoms with Crippen LogP contribution in [-0.2, 0) is 23.1 Å². The van der Waals surface area contributed by atoms with E-state index >= 15 is 0 Å². The third-order valence-electron chi connectivity index (χ3n) is 5.51. The minimum Gasteiger partial charge on any atom is -0.493 e. The van der Waals surface area contributed by atoms with Gasteiger partial charge in [0.1, 0.15) is 12.4 Å². The van der Waals surface area contributed by atoms with Gasteiger partial charge >= 0.3 is 11.7 Å². The SMILES string of the molecule is CCCn1c2c(c(=O)n(C)c1=O)[C@H](c1ccc(OC)c(OC)c1)C1=C(COC1=O)N2. The van der Waals surface area contributed by atoms with Gasteiger partial charge in [0.05, 0.1) is 37.0 Å². The first-order valence-electron chi connectivity index (χ1n) is 9.65. The van der Waals surface area contributed by atoms with E-state index in [0.29, 0.717) is 52.7 Å². The number of hydrogen-bond acceptors (Lipinski definition) is 7. The number of carbonyl (C=O) groups is 1. The number of nitrogens with zero attached hydrogens (tertiary/aromatic N) is 2. The van der Waals surface area contributed by atoms with Gasteiger partial charge in [0.15, 0.2) is 11.5 Å². The fraction of sp³-hybridized carbons (Fsp3) is 0.381. The Morgan fingerprint density at radius 2 is 1.90 bits per heavy atom. The number of cyclic esters (lactones) is 1. The van der Waals surface area contributed by atoms with Crippen molar-refractivity contribution < 1.29 is 19.0 Å². The molecular weight excluding hydrogens is 390 g/mol. The zero-order chi connectivity index (χ0) is 21.6. The second kappa shape index (κ2) is 7.40. The van der Waals surface area contributed by atoms with Gasteiger partial charge in [0, 0.05) is 13.6 Å². The lowest BCUT2D eigenvalue weighted by molar-refractivity contribution is -0.136. The first-order valence-corrected chi connectivity index (χ1v) is 9.65. The molecule has 2 aromatic rings. The Bertz CT molecular complexity index is 1190. The highest BCUT2D eigenvalue weighted by atomic mass is 16.5. The van der Waals surface area contributed by atoms with Crippen LogP contribution in [0.4, 0.5) is 5.82 Å². The van der Waals surface area contributed by atoms with Gasteiger partial charge in [-0.3, -0.25) is 13.9 Å². The number of hydrogen-bond donors (Lipinski definition) is 1. The van der Waals surface area contributed by atoms with E-state index in [-0.39, 0.29) is 6.61 Å². The van der Waals surface area contributed by atoms with Crippen LogP contribution in [0.1, 0.15) is 30.4 Å². The maximum absolute atomic E-state index is 13.2. The Morgan fingerprint density at radius 3 is 2.57 bits per heavy atom. The van der Waals surface area contributed by atoms with Crippen LogP contribution in [0.25, 0.3) is 0 Å². The monoisotopic (exact) mass is 413 g/mol. The van der Waals surface area contributed by atoms with Gasteiger partial charge in [0.2, 0.25) is 0 Å². The van der Waals surface area contributed by atoms with Crippen LogP contribution in [0.5, 0.6) is 11.5 Å². The van der Waals surface area contributed by atoms with E-state index in [1.54, 1.807) is 18.2 Å². The number of fused-ring (bicyclic) bond motifs is 1. The van der Waals surface area contributed by atoms with Crippen molar-refractivity contribution in [2.75, 3.05) is 26.1 Å². The van der Waals surface area contributed by atoms with E-state index in [2.05, 4.69) is 5.32 Å². The third-order valence-corrected chi connectivity index (χ3v) is 5.51. The molecule has 1 N–H and O–H groups in total. The molecule has 4 rings (SSSR count). The number of carbonyl (C=O) groups excluding carboxylic acids is 1. The molecule has 0 radical (unpaired) electrons. The smallest absolute Gasteiger partial charge is 0.337 e. The maximum atomic E-state index is 13.2. The summed E-state index contributed by atoms with van der Waals surface area (Å²) in [5, 5.41) is 3.13. The molecule has 2 aliphatic heterocycles. The largest absolute Gasteiger partial charge is 0.493 e. The molecule has 2 aliphatic rings. The second-order valence-electron chi connectivity index (χ2n) is 7.20. The minimum atomic E-state index is -0.700. The lowest BCUT2D eigenvalue weighted by Gasteiger charge is -2.29. The third kappa shape index (κ3) is 2.80. The van der Waals surface area contributed by atoms with E-state index in [1.807, 2.05) is 6.92 Å². The molecule has 30 heavy (non-hydrogen) atoms. The summed E-state index contributed by atoms with van der Waals surface area (Å²) in [7, 11) is 4.50. The fourth-order valence-electron chi connectivity index (χ4n) is 4.08. The molecule has 0 fully saturated rings. The molecule has 0 amide bonds. The molecule has 9 nitrogen and oxygen atoms in total. The van der Waals surface area contributed by atoms with Gasteiger partial charge in [-0.05, 0) is 24.1 Å². The first kappa shape index (κ1) is 19.8. The van der Waals surface area contributed by atoms with Crippen LogP contribution in [0.15, 0.2) is 39.1 Å². The minimum absolute atomic E-state index is 0.0624. The summed E-state index contributed by atoms with van der Waals surface area (Å²) < 4.78 is 18.6. The summed E-state index contributed by atoms with van der Waals surface area (Å²) in [6, 6.07) is 5.25. The average Bonchev–Trinajstić information content (AvgIpc) is 3.13. The number of nitrogens with one attached hydrogen (secondary N) is 1. The van der Waals surface area contributed by atoms with Crippen LogP contribution in [0.2, 0.25) is 0 Å². The number of esters is 1. The lowest BCUT2D eigenvalue weighted by atomic mass is 9.82. The maximum Gasteiger partial charge on any atom is 0.337 e. The highest BCUT2D eigenvalue weighted by Crippen LogP contribution is 2.44. The summed E-state index contributed by atoms with van der Waals surface area (Å²) in [4.78, 5) is 38.6. The number of aromatic nitrogens is 2. The van der Waals surface area contributed by atoms with Crippen molar-refractivity contribution in [3.8, 4) is 11.5 Å². The van der Waals surface area contributed by atoms with E-state index in [9.17, 15) is 14.4 Å². The number of ether oxygens (including phenoxy) is 3.